The molecular weight excluding hydrogens is 304 g/mol. The van der Waals surface area contributed by atoms with Crippen LogP contribution >= 0.6 is 0 Å². The van der Waals surface area contributed by atoms with Crippen LogP contribution in [0.4, 0.5) is 5.69 Å². The fourth-order valence-electron chi connectivity index (χ4n) is 4.18. The van der Waals surface area contributed by atoms with Gasteiger partial charge >= 0.3 is 0 Å². The molecule has 0 spiro atoms. The summed E-state index contributed by atoms with van der Waals surface area (Å²) in [6.07, 6.45) is 5.23. The summed E-state index contributed by atoms with van der Waals surface area (Å²) in [5, 5.41) is 2.77. The van der Waals surface area contributed by atoms with Crippen LogP contribution < -0.4 is 0 Å². The van der Waals surface area contributed by atoms with Gasteiger partial charge in [-0.15, -0.1) is 0 Å². The van der Waals surface area contributed by atoms with Crippen molar-refractivity contribution in [3.05, 3.63) is 42.0 Å². The minimum absolute atomic E-state index is 0.112. The van der Waals surface area contributed by atoms with Crippen molar-refractivity contribution in [2.24, 2.45) is 0 Å². The van der Waals surface area contributed by atoms with Crippen molar-refractivity contribution >= 4 is 22.2 Å². The van der Waals surface area contributed by atoms with E-state index in [1.54, 1.807) is 0 Å². The first-order valence-corrected chi connectivity index (χ1v) is 9.71. The standard InChI is InChI=1S/C23H33N2/c1-18-23(2,3)22-20-13-9-8-12-19(20)14-15-21(22)25(18)17-11-7-6-10-16-24(4)5/h8-9,12-15H,6-7,10-11,16-17H2,1-5H3/q+1. The van der Waals surface area contributed by atoms with E-state index >= 15 is 0 Å². The molecule has 0 radical (unpaired) electrons. The Kier molecular flexibility index (Phi) is 5.29. The lowest BCUT2D eigenvalue weighted by Gasteiger charge is -2.17. The summed E-state index contributed by atoms with van der Waals surface area (Å²) in [6, 6.07) is 13.4. The Labute approximate surface area is 153 Å². The van der Waals surface area contributed by atoms with Crippen LogP contribution in [0.2, 0.25) is 0 Å². The van der Waals surface area contributed by atoms with Crippen LogP contribution in [-0.4, -0.2) is 42.4 Å². The van der Waals surface area contributed by atoms with E-state index in [-0.39, 0.29) is 5.41 Å². The molecule has 2 aromatic carbocycles. The van der Waals surface area contributed by atoms with Gasteiger partial charge in [-0.05, 0) is 64.2 Å². The molecule has 0 saturated carbocycles. The highest BCUT2D eigenvalue weighted by atomic mass is 15.1. The van der Waals surface area contributed by atoms with Crippen LogP contribution in [0.1, 0.15) is 52.0 Å². The van der Waals surface area contributed by atoms with Crippen LogP contribution in [0.3, 0.4) is 0 Å². The van der Waals surface area contributed by atoms with Crippen LogP contribution in [0.5, 0.6) is 0 Å². The van der Waals surface area contributed by atoms with E-state index in [2.05, 4.69) is 80.7 Å². The Morgan fingerprint density at radius 3 is 2.40 bits per heavy atom. The van der Waals surface area contributed by atoms with Crippen LogP contribution in [0.15, 0.2) is 36.4 Å². The average Bonchev–Trinajstić information content (AvgIpc) is 2.78. The Hall–Kier alpha value is -1.67. The third kappa shape index (κ3) is 3.50. The fraction of sp³-hybridized carbons (Fsp3) is 0.522. The van der Waals surface area contributed by atoms with Crippen molar-refractivity contribution < 1.29 is 4.58 Å². The first kappa shape index (κ1) is 18.1. The molecule has 1 aliphatic heterocycles. The maximum atomic E-state index is 2.58. The van der Waals surface area contributed by atoms with Crippen molar-refractivity contribution in [3.63, 3.8) is 0 Å². The van der Waals surface area contributed by atoms with Gasteiger partial charge in [0, 0.05) is 25.0 Å². The molecule has 0 unspecified atom stereocenters. The molecule has 0 aromatic heterocycles. The summed E-state index contributed by atoms with van der Waals surface area (Å²) in [5.74, 6) is 0. The smallest absolute Gasteiger partial charge is 0.210 e. The largest absolute Gasteiger partial charge is 0.309 e. The minimum atomic E-state index is 0.112. The normalized spacial score (nSPS) is 16.1. The van der Waals surface area contributed by atoms with Crippen molar-refractivity contribution in [2.75, 3.05) is 27.2 Å². The predicted molar refractivity (Wildman–Crippen MR) is 109 cm³/mol. The van der Waals surface area contributed by atoms with Gasteiger partial charge in [-0.3, -0.25) is 0 Å². The lowest BCUT2D eigenvalue weighted by molar-refractivity contribution is -0.439. The van der Waals surface area contributed by atoms with Crippen molar-refractivity contribution in [2.45, 2.75) is 51.9 Å². The molecule has 1 heterocycles. The number of nitrogens with zero attached hydrogens (tertiary/aromatic N) is 2. The van der Waals surface area contributed by atoms with Gasteiger partial charge in [0.25, 0.3) is 0 Å². The van der Waals surface area contributed by atoms with Gasteiger partial charge in [0.05, 0.1) is 5.41 Å². The summed E-state index contributed by atoms with van der Waals surface area (Å²) >= 11 is 0. The Morgan fingerprint density at radius 1 is 0.920 bits per heavy atom. The molecular formula is C23H33N2+. The maximum absolute atomic E-state index is 2.58. The molecule has 134 valence electrons. The first-order chi connectivity index (χ1) is 11.9. The maximum Gasteiger partial charge on any atom is 0.210 e. The van der Waals surface area contributed by atoms with Crippen LogP contribution in [0.25, 0.3) is 10.8 Å². The summed E-state index contributed by atoms with van der Waals surface area (Å²) in [7, 11) is 4.32. The highest BCUT2D eigenvalue weighted by Gasteiger charge is 2.43. The zero-order chi connectivity index (χ0) is 18.0. The molecule has 0 bridgehead atoms. The van der Waals surface area contributed by atoms with E-state index in [1.165, 1.54) is 60.0 Å². The van der Waals surface area contributed by atoms with Gasteiger partial charge < -0.3 is 4.90 Å². The molecule has 2 aromatic rings. The van der Waals surface area contributed by atoms with Crippen LogP contribution in [0, 0.1) is 0 Å². The summed E-state index contributed by atoms with van der Waals surface area (Å²) in [5.41, 5.74) is 4.54. The molecule has 0 saturated heterocycles. The van der Waals surface area contributed by atoms with Crippen molar-refractivity contribution in [1.82, 2.24) is 4.90 Å². The highest BCUT2D eigenvalue weighted by Crippen LogP contribution is 2.43. The molecule has 0 aliphatic carbocycles. The van der Waals surface area contributed by atoms with Gasteiger partial charge in [0.2, 0.25) is 5.69 Å². The fourth-order valence-corrected chi connectivity index (χ4v) is 4.18. The predicted octanol–water partition coefficient (Wildman–Crippen LogP) is 5.36. The number of hydrogen-bond acceptors (Lipinski definition) is 1. The number of rotatable bonds is 7. The lowest BCUT2D eigenvalue weighted by Crippen LogP contribution is -2.26. The van der Waals surface area contributed by atoms with E-state index in [9.17, 15) is 0 Å². The molecule has 2 nitrogen and oxygen atoms in total. The molecule has 2 heteroatoms. The second-order valence-corrected chi connectivity index (χ2v) is 8.26. The van der Waals surface area contributed by atoms with Gasteiger partial charge in [0.1, 0.15) is 6.54 Å². The summed E-state index contributed by atoms with van der Waals surface area (Å²) < 4.78 is 2.58. The molecule has 1 aliphatic rings. The summed E-state index contributed by atoms with van der Waals surface area (Å²) in [4.78, 5) is 2.28. The molecule has 0 fully saturated rings. The number of benzene rings is 2. The Balaban J connectivity index is 1.78. The zero-order valence-corrected chi connectivity index (χ0v) is 16.6. The van der Waals surface area contributed by atoms with Gasteiger partial charge in [-0.1, -0.05) is 30.7 Å². The van der Waals surface area contributed by atoms with E-state index in [4.69, 9.17) is 0 Å². The third-order valence-electron chi connectivity index (χ3n) is 5.87. The van der Waals surface area contributed by atoms with Gasteiger partial charge in [-0.2, -0.15) is 4.58 Å². The van der Waals surface area contributed by atoms with E-state index < -0.39 is 0 Å². The van der Waals surface area contributed by atoms with E-state index in [0.717, 1.165) is 6.54 Å². The quantitative estimate of drug-likeness (QED) is 0.487. The Morgan fingerprint density at radius 2 is 1.64 bits per heavy atom. The van der Waals surface area contributed by atoms with Crippen LogP contribution in [-0.2, 0) is 5.41 Å². The second kappa shape index (κ2) is 7.29. The molecule has 0 N–H and O–H groups in total. The Bertz CT molecular complexity index is 784. The minimum Gasteiger partial charge on any atom is -0.309 e. The van der Waals surface area contributed by atoms with Crippen molar-refractivity contribution in [3.8, 4) is 0 Å². The topological polar surface area (TPSA) is 6.25 Å². The highest BCUT2D eigenvalue weighted by molar-refractivity contribution is 6.01. The summed E-state index contributed by atoms with van der Waals surface area (Å²) in [6.45, 7) is 9.43. The molecule has 3 rings (SSSR count). The number of unbranched alkanes of at least 4 members (excludes halogenated alkanes) is 3. The molecule has 0 atom stereocenters. The number of fused-ring (bicyclic) bond motifs is 3. The zero-order valence-electron chi connectivity index (χ0n) is 16.6. The lowest BCUT2D eigenvalue weighted by atomic mass is 9.80. The third-order valence-corrected chi connectivity index (χ3v) is 5.87. The molecule has 25 heavy (non-hydrogen) atoms. The second-order valence-electron chi connectivity index (χ2n) is 8.26. The average molecular weight is 338 g/mol. The van der Waals surface area contributed by atoms with E-state index in [0.29, 0.717) is 0 Å². The SMILES string of the molecule is CC1=[N+](CCCCCCN(C)C)c2ccc3ccccc3c2C1(C)C. The van der Waals surface area contributed by atoms with Gasteiger partial charge in [-0.25, -0.2) is 0 Å². The molecule has 0 amide bonds. The van der Waals surface area contributed by atoms with Crippen molar-refractivity contribution in [1.29, 1.82) is 0 Å². The number of hydrogen-bond donors (Lipinski definition) is 0. The first-order valence-electron chi connectivity index (χ1n) is 9.71. The van der Waals surface area contributed by atoms with Gasteiger partial charge in [0.15, 0.2) is 5.71 Å². The monoisotopic (exact) mass is 337 g/mol. The van der Waals surface area contributed by atoms with E-state index in [1.807, 2.05) is 0 Å².